The fraction of sp³-hybridized carbons (Fsp3) is 0.120. The number of nitrogens with zero attached hydrogens (tertiary/aromatic N) is 2. The van der Waals surface area contributed by atoms with Crippen LogP contribution in [-0.2, 0) is 6.42 Å². The molecule has 37 heavy (non-hydrogen) atoms. The number of aromatic hydroxyl groups is 1. The number of aromatic amines is 2. The summed E-state index contributed by atoms with van der Waals surface area (Å²) in [6.45, 7) is 2.30. The van der Waals surface area contributed by atoms with Gasteiger partial charge >= 0.3 is 0 Å². The lowest BCUT2D eigenvalue weighted by Gasteiger charge is -2.09. The van der Waals surface area contributed by atoms with Gasteiger partial charge in [0, 0.05) is 30.5 Å². The molecule has 0 aliphatic rings. The van der Waals surface area contributed by atoms with Crippen LogP contribution in [0.5, 0.6) is 5.88 Å². The average Bonchev–Trinajstić information content (AvgIpc) is 3.60. The first-order chi connectivity index (χ1) is 17.9. The molecule has 0 spiro atoms. The Morgan fingerprint density at radius 3 is 2.73 bits per heavy atom. The van der Waals surface area contributed by atoms with Gasteiger partial charge in [0.2, 0.25) is 5.88 Å². The zero-order valence-electron chi connectivity index (χ0n) is 19.7. The van der Waals surface area contributed by atoms with Crippen molar-refractivity contribution < 1.29 is 9.90 Å². The summed E-state index contributed by atoms with van der Waals surface area (Å²) in [6, 6.07) is 15.6. The summed E-state index contributed by atoms with van der Waals surface area (Å²) in [5.74, 6) is -0.822. The monoisotopic (exact) mass is 533 g/mol. The van der Waals surface area contributed by atoms with Crippen LogP contribution in [0.15, 0.2) is 64.5 Å². The number of aromatic nitrogens is 3. The molecule has 0 saturated heterocycles. The van der Waals surface area contributed by atoms with Crippen LogP contribution in [0.25, 0.3) is 10.8 Å². The topological polar surface area (TPSA) is 161 Å². The van der Waals surface area contributed by atoms with Crippen LogP contribution in [0.2, 0.25) is 0 Å². The molecule has 0 bridgehead atoms. The van der Waals surface area contributed by atoms with Crippen LogP contribution in [0.3, 0.4) is 0 Å². The van der Waals surface area contributed by atoms with Crippen molar-refractivity contribution in [1.29, 1.82) is 0 Å². The zero-order valence-corrected chi connectivity index (χ0v) is 21.3. The van der Waals surface area contributed by atoms with Crippen LogP contribution < -0.4 is 21.9 Å². The van der Waals surface area contributed by atoms with E-state index in [-0.39, 0.29) is 27.0 Å². The Balaban J connectivity index is 1.32. The largest absolute Gasteiger partial charge is 0.492 e. The van der Waals surface area contributed by atoms with Crippen molar-refractivity contribution in [2.24, 2.45) is 10.7 Å². The van der Waals surface area contributed by atoms with Gasteiger partial charge in [-0.1, -0.05) is 35.6 Å². The number of fused-ring (bicyclic) bond motifs is 1. The van der Waals surface area contributed by atoms with E-state index < -0.39 is 11.8 Å². The molecule has 3 heterocycles. The molecule has 0 fully saturated rings. The second-order valence-electron chi connectivity index (χ2n) is 8.21. The molecule has 1 amide bonds. The molecule has 0 radical (unpaired) electrons. The predicted octanol–water partition coefficient (Wildman–Crippen LogP) is 4.33. The highest BCUT2D eigenvalue weighted by molar-refractivity contribution is 7.18. The molecular formula is C25H23N7O3S2. The highest BCUT2D eigenvalue weighted by Crippen LogP contribution is 2.33. The average molecular weight is 534 g/mol. The number of aliphatic imine (C=N–C) groups is 1. The van der Waals surface area contributed by atoms with E-state index in [1.54, 1.807) is 0 Å². The van der Waals surface area contributed by atoms with E-state index in [9.17, 15) is 14.7 Å². The Morgan fingerprint density at radius 2 is 1.97 bits per heavy atom. The number of rotatable bonds is 8. The maximum Gasteiger partial charge on any atom is 0.271 e. The zero-order chi connectivity index (χ0) is 25.9. The minimum atomic E-state index is -0.491. The normalized spacial score (nSPS) is 11.6. The number of nitrogens with one attached hydrogen (secondary N) is 4. The number of benzene rings is 2. The molecule has 0 aliphatic heterocycles. The van der Waals surface area contributed by atoms with Crippen molar-refractivity contribution in [2.45, 2.75) is 13.3 Å². The van der Waals surface area contributed by atoms with E-state index in [0.29, 0.717) is 23.7 Å². The van der Waals surface area contributed by atoms with Crippen molar-refractivity contribution in [3.05, 3.63) is 86.8 Å². The van der Waals surface area contributed by atoms with Gasteiger partial charge in [0.15, 0.2) is 10.0 Å². The Bertz CT molecular complexity index is 1670. The van der Waals surface area contributed by atoms with E-state index >= 15 is 0 Å². The van der Waals surface area contributed by atoms with Gasteiger partial charge in [0.1, 0.15) is 16.4 Å². The van der Waals surface area contributed by atoms with Crippen molar-refractivity contribution in [1.82, 2.24) is 14.3 Å². The van der Waals surface area contributed by atoms with Crippen molar-refractivity contribution in [3.8, 4) is 5.88 Å². The number of amides is 1. The van der Waals surface area contributed by atoms with Gasteiger partial charge in [0.05, 0.1) is 0 Å². The van der Waals surface area contributed by atoms with Gasteiger partial charge in [-0.2, -0.15) is 4.98 Å². The molecule has 5 rings (SSSR count). The molecule has 10 nitrogen and oxygen atoms in total. The standard InChI is InChI=1S/C25H23N7O3S2/c1-13-11-14-5-2-3-6-15(14)12-17(13)29-22(34)19-23(35)30-25(36-19)31-24-18(21(33)32-37-24)20(26)28-10-8-16-7-4-9-27-16/h2-7,9,11-12,27,35H,8,10H2,1H3,(H2,26,28)(H,29,34)(H,30,31)(H,32,33). The molecule has 3 aromatic heterocycles. The van der Waals surface area contributed by atoms with Gasteiger partial charge in [0.25, 0.3) is 11.5 Å². The van der Waals surface area contributed by atoms with Crippen molar-refractivity contribution in [3.63, 3.8) is 0 Å². The van der Waals surface area contributed by atoms with E-state index in [2.05, 4.69) is 30.0 Å². The fourth-order valence-corrected chi connectivity index (χ4v) is 5.37. The van der Waals surface area contributed by atoms with Crippen LogP contribution in [0.4, 0.5) is 15.8 Å². The molecule has 2 aromatic carbocycles. The number of hydrogen-bond acceptors (Lipinski definition) is 8. The molecular weight excluding hydrogens is 510 g/mol. The van der Waals surface area contributed by atoms with Crippen LogP contribution >= 0.6 is 22.9 Å². The van der Waals surface area contributed by atoms with E-state index in [1.165, 1.54) is 0 Å². The molecule has 0 unspecified atom stereocenters. The second-order valence-corrected chi connectivity index (χ2v) is 10.0. The van der Waals surface area contributed by atoms with Crippen LogP contribution in [0.1, 0.15) is 26.5 Å². The molecule has 0 saturated carbocycles. The minimum absolute atomic E-state index is 0.0343. The summed E-state index contributed by atoms with van der Waals surface area (Å²) in [6.07, 6.45) is 2.48. The lowest BCUT2D eigenvalue weighted by molar-refractivity contribution is 0.102. The number of carbonyl (C=O) groups is 1. The Labute approximate surface area is 219 Å². The quantitative estimate of drug-likeness (QED) is 0.128. The van der Waals surface area contributed by atoms with E-state index in [1.807, 2.05) is 61.7 Å². The molecule has 188 valence electrons. The predicted molar refractivity (Wildman–Crippen MR) is 149 cm³/mol. The lowest BCUT2D eigenvalue weighted by Crippen LogP contribution is -2.22. The highest BCUT2D eigenvalue weighted by atomic mass is 32.1. The minimum Gasteiger partial charge on any atom is -0.492 e. The summed E-state index contributed by atoms with van der Waals surface area (Å²) in [5.41, 5.74) is 8.45. The first-order valence-corrected chi connectivity index (χ1v) is 12.9. The third-order valence-corrected chi connectivity index (χ3v) is 7.42. The maximum absolute atomic E-state index is 13.0. The molecule has 5 aromatic rings. The number of carbonyl (C=O) groups excluding carboxylic acids is 1. The number of aryl methyl sites for hydroxylation is 1. The maximum atomic E-state index is 13.0. The van der Waals surface area contributed by atoms with Crippen molar-refractivity contribution in [2.75, 3.05) is 17.2 Å². The molecule has 0 atom stereocenters. The second kappa shape index (κ2) is 10.3. The number of H-pyrrole nitrogens is 2. The lowest BCUT2D eigenvalue weighted by atomic mass is 10.1. The number of anilines is 3. The van der Waals surface area contributed by atoms with Gasteiger partial charge in [-0.25, -0.2) is 0 Å². The van der Waals surface area contributed by atoms with E-state index in [4.69, 9.17) is 5.73 Å². The summed E-state index contributed by atoms with van der Waals surface area (Å²) in [4.78, 5) is 36.9. The van der Waals surface area contributed by atoms with Gasteiger partial charge in [-0.05, 0) is 59.1 Å². The van der Waals surface area contributed by atoms with Gasteiger partial charge in [-0.3, -0.25) is 19.0 Å². The summed E-state index contributed by atoms with van der Waals surface area (Å²) in [5, 5.41) is 18.9. The third-order valence-electron chi connectivity index (χ3n) is 5.66. The molecule has 0 aliphatic carbocycles. The Kier molecular flexibility index (Phi) is 6.75. The summed E-state index contributed by atoms with van der Waals surface area (Å²) >= 11 is 1.99. The van der Waals surface area contributed by atoms with Crippen LogP contribution in [0, 0.1) is 6.92 Å². The number of nitrogens with two attached hydrogens (primary N) is 1. The first-order valence-electron chi connectivity index (χ1n) is 11.3. The molecule has 7 N–H and O–H groups in total. The van der Waals surface area contributed by atoms with Crippen molar-refractivity contribution >= 4 is 61.2 Å². The number of amidine groups is 1. The SMILES string of the molecule is Cc1cc2ccccc2cc1NC(=O)c1sc(Nc2s[nH]c(=O)c2C(N)=NCCc2ccc[nH]2)nc1O. The Hall–Kier alpha value is -4.42. The highest BCUT2D eigenvalue weighted by Gasteiger charge is 2.21. The fourth-order valence-electron chi connectivity index (χ4n) is 3.80. The van der Waals surface area contributed by atoms with Crippen LogP contribution in [-0.4, -0.2) is 37.7 Å². The number of hydrogen-bond donors (Lipinski definition) is 6. The summed E-state index contributed by atoms with van der Waals surface area (Å²) < 4.78 is 2.63. The third kappa shape index (κ3) is 5.25. The number of thiazole rings is 1. The summed E-state index contributed by atoms with van der Waals surface area (Å²) in [7, 11) is 0. The van der Waals surface area contributed by atoms with Gasteiger partial charge in [-0.15, -0.1) is 0 Å². The van der Waals surface area contributed by atoms with E-state index in [0.717, 1.165) is 44.9 Å². The Morgan fingerprint density at radius 1 is 1.19 bits per heavy atom. The molecule has 12 heteroatoms. The van der Waals surface area contributed by atoms with Gasteiger partial charge < -0.3 is 26.5 Å². The smallest absolute Gasteiger partial charge is 0.271 e. The first kappa shape index (κ1) is 24.3.